The number of aromatic nitrogens is 2. The molecule has 0 saturated heterocycles. The standard InChI is InChI=1S/C28H26N2.C15H15N.C13H12BrN/c1-19-11-5-6-12-21(19)24-17-18-25(20(2)29-24)30-26-15-9-7-13-22(26)28(3,4)23-14-8-10-16-27(23)30;1-15(2)11-7-3-5-9-13(11)16-14-10-6-4-8-12(14)15;1-9-5-3-4-6-11(9)13-8-7-12(14)10(2)15-13/h5-18H,1-4H3;3-10,16H,1-2H3;3-8H,1-2H3. The van der Waals surface area contributed by atoms with Crippen LogP contribution in [0.25, 0.3) is 22.5 Å². The van der Waals surface area contributed by atoms with Crippen LogP contribution in [0.3, 0.4) is 0 Å². The molecule has 0 spiro atoms. The number of hydrogen-bond donors (Lipinski definition) is 1. The lowest BCUT2D eigenvalue weighted by Crippen LogP contribution is -2.30. The topological polar surface area (TPSA) is 41.1 Å². The molecule has 2 aliphatic heterocycles. The van der Waals surface area contributed by atoms with Crippen molar-refractivity contribution in [1.29, 1.82) is 0 Å². The fraction of sp³-hybridized carbons (Fsp3) is 0.179. The lowest BCUT2D eigenvalue weighted by atomic mass is 9.73. The van der Waals surface area contributed by atoms with Crippen LogP contribution >= 0.6 is 15.9 Å². The Bertz CT molecular complexity index is 2780. The van der Waals surface area contributed by atoms with Crippen molar-refractivity contribution in [3.05, 3.63) is 219 Å². The summed E-state index contributed by atoms with van der Waals surface area (Å²) in [6, 6.07) is 59.7. The van der Waals surface area contributed by atoms with Gasteiger partial charge in [0.05, 0.1) is 39.8 Å². The van der Waals surface area contributed by atoms with Gasteiger partial charge >= 0.3 is 0 Å². The first-order valence-corrected chi connectivity index (χ1v) is 21.8. The maximum atomic E-state index is 5.02. The highest BCUT2D eigenvalue weighted by Crippen LogP contribution is 2.52. The first-order valence-electron chi connectivity index (χ1n) is 21.0. The molecule has 0 bridgehead atoms. The molecule has 0 amide bonds. The number of pyridine rings is 2. The molecule has 0 unspecified atom stereocenters. The SMILES string of the molecule is CC1(C)c2ccccc2Nc2ccccc21.Cc1ccccc1-c1ccc(Br)c(C)n1.Cc1ccccc1-c1ccc(N2c3ccccc3C(C)(C)c3ccccc32)c(C)n1. The Morgan fingerprint density at radius 1 is 0.410 bits per heavy atom. The molecule has 10 rings (SSSR count). The number of aryl methyl sites for hydroxylation is 4. The van der Waals surface area contributed by atoms with Gasteiger partial charge < -0.3 is 10.2 Å². The molecule has 0 fully saturated rings. The molecule has 8 aromatic rings. The molecule has 0 atom stereocenters. The number of hydrogen-bond acceptors (Lipinski definition) is 4. The van der Waals surface area contributed by atoms with E-state index in [0.29, 0.717) is 0 Å². The summed E-state index contributed by atoms with van der Waals surface area (Å²) in [6.45, 7) is 17.6. The number of fused-ring (bicyclic) bond motifs is 4. The van der Waals surface area contributed by atoms with Gasteiger partial charge in [-0.3, -0.25) is 9.97 Å². The third kappa shape index (κ3) is 8.03. The Balaban J connectivity index is 0.000000139. The van der Waals surface area contributed by atoms with Gasteiger partial charge in [-0.2, -0.15) is 0 Å². The number of nitrogens with zero attached hydrogens (tertiary/aromatic N) is 3. The van der Waals surface area contributed by atoms with Crippen molar-refractivity contribution in [2.24, 2.45) is 0 Å². The van der Waals surface area contributed by atoms with Crippen LogP contribution < -0.4 is 10.2 Å². The summed E-state index contributed by atoms with van der Waals surface area (Å²) < 4.78 is 1.06. The number of anilines is 5. The largest absolute Gasteiger partial charge is 0.355 e. The fourth-order valence-electron chi connectivity index (χ4n) is 8.85. The average molecular weight is 862 g/mol. The van der Waals surface area contributed by atoms with Gasteiger partial charge in [0.2, 0.25) is 0 Å². The molecule has 0 saturated carbocycles. The van der Waals surface area contributed by atoms with Gasteiger partial charge in [-0.15, -0.1) is 0 Å². The monoisotopic (exact) mass is 860 g/mol. The quantitative estimate of drug-likeness (QED) is 0.192. The van der Waals surface area contributed by atoms with Crippen molar-refractivity contribution in [3.8, 4) is 22.5 Å². The highest BCUT2D eigenvalue weighted by Gasteiger charge is 2.37. The van der Waals surface area contributed by atoms with Crippen molar-refractivity contribution >= 4 is 44.4 Å². The molecule has 4 heterocycles. The normalized spacial score (nSPS) is 13.7. The zero-order valence-corrected chi connectivity index (χ0v) is 38.0. The van der Waals surface area contributed by atoms with Gasteiger partial charge in [-0.25, -0.2) is 0 Å². The van der Waals surface area contributed by atoms with Gasteiger partial charge in [0.15, 0.2) is 0 Å². The van der Waals surface area contributed by atoms with E-state index in [9.17, 15) is 0 Å². The molecule has 61 heavy (non-hydrogen) atoms. The summed E-state index contributed by atoms with van der Waals surface area (Å²) in [6.07, 6.45) is 0. The van der Waals surface area contributed by atoms with E-state index in [2.05, 4.69) is 225 Å². The molecule has 304 valence electrons. The van der Waals surface area contributed by atoms with E-state index in [1.54, 1.807) is 0 Å². The van der Waals surface area contributed by atoms with Gasteiger partial charge in [0.25, 0.3) is 0 Å². The molecule has 5 heteroatoms. The molecule has 2 aromatic heterocycles. The van der Waals surface area contributed by atoms with Gasteiger partial charge in [0.1, 0.15) is 0 Å². The minimum absolute atomic E-state index is 0.0495. The Kier molecular flexibility index (Phi) is 11.5. The number of benzene rings is 6. The molecule has 4 nitrogen and oxygen atoms in total. The second-order valence-corrected chi connectivity index (χ2v) is 17.9. The minimum atomic E-state index is -0.0495. The maximum Gasteiger partial charge on any atom is 0.0709 e. The first-order chi connectivity index (χ1) is 29.4. The van der Waals surface area contributed by atoms with E-state index in [4.69, 9.17) is 4.98 Å². The van der Waals surface area contributed by atoms with Crippen LogP contribution in [0.15, 0.2) is 174 Å². The molecule has 0 aliphatic carbocycles. The number of nitrogens with one attached hydrogen (secondary N) is 1. The predicted octanol–water partition coefficient (Wildman–Crippen LogP) is 15.7. The molecule has 2 aliphatic rings. The summed E-state index contributed by atoms with van der Waals surface area (Å²) >= 11 is 3.46. The van der Waals surface area contributed by atoms with E-state index in [-0.39, 0.29) is 10.8 Å². The van der Waals surface area contributed by atoms with Crippen LogP contribution in [-0.2, 0) is 10.8 Å². The summed E-state index contributed by atoms with van der Waals surface area (Å²) in [5.41, 5.74) is 20.5. The smallest absolute Gasteiger partial charge is 0.0709 e. The second kappa shape index (κ2) is 17.0. The predicted molar refractivity (Wildman–Crippen MR) is 261 cm³/mol. The van der Waals surface area contributed by atoms with Gasteiger partial charge in [0, 0.05) is 37.8 Å². The lowest BCUT2D eigenvalue weighted by molar-refractivity contribution is 0.631. The van der Waals surface area contributed by atoms with E-state index in [0.717, 1.165) is 32.9 Å². The van der Waals surface area contributed by atoms with Crippen molar-refractivity contribution < 1.29 is 0 Å². The average Bonchev–Trinajstić information content (AvgIpc) is 3.26. The van der Waals surface area contributed by atoms with Gasteiger partial charge in [-0.1, -0.05) is 149 Å². The Morgan fingerprint density at radius 3 is 1.28 bits per heavy atom. The number of halogens is 1. The number of rotatable bonds is 3. The second-order valence-electron chi connectivity index (χ2n) is 17.0. The number of para-hydroxylation sites is 4. The van der Waals surface area contributed by atoms with Crippen molar-refractivity contribution in [2.45, 2.75) is 66.2 Å². The fourth-order valence-corrected chi connectivity index (χ4v) is 9.07. The van der Waals surface area contributed by atoms with Crippen LogP contribution in [0, 0.1) is 27.7 Å². The molecule has 6 aromatic carbocycles. The minimum Gasteiger partial charge on any atom is -0.355 e. The summed E-state index contributed by atoms with van der Waals surface area (Å²) in [4.78, 5) is 12.0. The van der Waals surface area contributed by atoms with Crippen molar-refractivity contribution in [1.82, 2.24) is 9.97 Å². The van der Waals surface area contributed by atoms with E-state index < -0.39 is 0 Å². The first kappa shape index (κ1) is 41.4. The third-order valence-electron chi connectivity index (χ3n) is 12.3. The zero-order chi connectivity index (χ0) is 42.9. The Hall–Kier alpha value is -6.30. The Labute approximate surface area is 370 Å². The van der Waals surface area contributed by atoms with Crippen molar-refractivity contribution in [2.75, 3.05) is 10.2 Å². The van der Waals surface area contributed by atoms with Crippen molar-refractivity contribution in [3.63, 3.8) is 0 Å². The lowest BCUT2D eigenvalue weighted by Gasteiger charge is -2.42. The summed E-state index contributed by atoms with van der Waals surface area (Å²) in [7, 11) is 0. The highest BCUT2D eigenvalue weighted by atomic mass is 79.9. The zero-order valence-electron chi connectivity index (χ0n) is 36.4. The summed E-state index contributed by atoms with van der Waals surface area (Å²) in [5.74, 6) is 0. The van der Waals surface area contributed by atoms with Crippen LogP contribution in [0.2, 0.25) is 0 Å². The highest BCUT2D eigenvalue weighted by molar-refractivity contribution is 9.10. The van der Waals surface area contributed by atoms with E-state index >= 15 is 0 Å². The summed E-state index contributed by atoms with van der Waals surface area (Å²) in [5, 5.41) is 3.50. The van der Waals surface area contributed by atoms with Crippen LogP contribution in [0.1, 0.15) is 72.5 Å². The van der Waals surface area contributed by atoms with Crippen LogP contribution in [0.5, 0.6) is 0 Å². The molecular weight excluding hydrogens is 809 g/mol. The maximum absolute atomic E-state index is 5.02. The van der Waals surface area contributed by atoms with E-state index in [1.165, 1.54) is 67.3 Å². The molecule has 1 N–H and O–H groups in total. The van der Waals surface area contributed by atoms with E-state index in [1.807, 2.05) is 31.2 Å². The van der Waals surface area contributed by atoms with Crippen LogP contribution in [0.4, 0.5) is 28.4 Å². The van der Waals surface area contributed by atoms with Gasteiger partial charge in [-0.05, 0) is 126 Å². The third-order valence-corrected chi connectivity index (χ3v) is 13.1. The van der Waals surface area contributed by atoms with Crippen LogP contribution in [-0.4, -0.2) is 9.97 Å². The Morgan fingerprint density at radius 2 is 0.803 bits per heavy atom. The molecule has 0 radical (unpaired) electrons. The molecular formula is C56H53BrN4.